The lowest BCUT2D eigenvalue weighted by atomic mass is 10.0. The van der Waals surface area contributed by atoms with Crippen molar-refractivity contribution in [2.24, 2.45) is 0 Å². The molecule has 0 atom stereocenters. The molecule has 6 heteroatoms. The summed E-state index contributed by atoms with van der Waals surface area (Å²) < 4.78 is 1.77. The van der Waals surface area contributed by atoms with E-state index in [1.807, 2.05) is 45.0 Å². The SMILES string of the molecule is CC(C)(C)N(Cc1ccc(Cn2cc(N)cn2)cc1)C(=O)O. The van der Waals surface area contributed by atoms with Crippen molar-refractivity contribution in [1.29, 1.82) is 0 Å². The molecule has 0 saturated heterocycles. The van der Waals surface area contributed by atoms with E-state index in [1.165, 1.54) is 4.90 Å². The lowest BCUT2D eigenvalue weighted by molar-refractivity contribution is 0.0955. The standard InChI is InChI=1S/C16H22N4O2/c1-16(2,3)20(15(21)22)10-13-6-4-12(5-7-13)9-19-11-14(17)8-18-19/h4-8,11H,9-10,17H2,1-3H3,(H,21,22). The first-order chi connectivity index (χ1) is 10.3. The van der Waals surface area contributed by atoms with Crippen LogP contribution in [0.4, 0.5) is 10.5 Å². The molecule has 0 fully saturated rings. The minimum Gasteiger partial charge on any atom is -0.465 e. The van der Waals surface area contributed by atoms with E-state index in [0.29, 0.717) is 18.8 Å². The van der Waals surface area contributed by atoms with Gasteiger partial charge in [-0.2, -0.15) is 5.10 Å². The van der Waals surface area contributed by atoms with Crippen LogP contribution in [0.25, 0.3) is 0 Å². The number of amides is 1. The predicted molar refractivity (Wildman–Crippen MR) is 85.5 cm³/mol. The number of nitrogens with zero attached hydrogens (tertiary/aromatic N) is 3. The number of carbonyl (C=O) groups is 1. The number of nitrogen functional groups attached to an aromatic ring is 1. The van der Waals surface area contributed by atoms with Gasteiger partial charge in [-0.1, -0.05) is 24.3 Å². The number of benzene rings is 1. The highest BCUT2D eigenvalue weighted by Crippen LogP contribution is 2.18. The van der Waals surface area contributed by atoms with Gasteiger partial charge in [0.2, 0.25) is 0 Å². The quantitative estimate of drug-likeness (QED) is 0.909. The molecule has 0 radical (unpaired) electrons. The number of nitrogens with two attached hydrogens (primary N) is 1. The lowest BCUT2D eigenvalue weighted by Crippen LogP contribution is -2.44. The summed E-state index contributed by atoms with van der Waals surface area (Å²) in [4.78, 5) is 12.8. The molecule has 0 spiro atoms. The van der Waals surface area contributed by atoms with Gasteiger partial charge in [0.1, 0.15) is 0 Å². The Morgan fingerprint density at radius 3 is 2.32 bits per heavy atom. The van der Waals surface area contributed by atoms with Gasteiger partial charge in [-0.25, -0.2) is 4.79 Å². The molecular weight excluding hydrogens is 280 g/mol. The average molecular weight is 302 g/mol. The zero-order valence-electron chi connectivity index (χ0n) is 13.2. The molecule has 0 bridgehead atoms. The second-order valence-electron chi connectivity index (χ2n) is 6.33. The summed E-state index contributed by atoms with van der Waals surface area (Å²) in [6.07, 6.45) is 2.48. The van der Waals surface area contributed by atoms with Crippen LogP contribution in [0.5, 0.6) is 0 Å². The van der Waals surface area contributed by atoms with E-state index in [2.05, 4.69) is 5.10 Å². The van der Waals surface area contributed by atoms with Gasteiger partial charge >= 0.3 is 6.09 Å². The lowest BCUT2D eigenvalue weighted by Gasteiger charge is -2.33. The predicted octanol–water partition coefficient (Wildman–Crippen LogP) is 2.79. The van der Waals surface area contributed by atoms with Gasteiger partial charge in [-0.15, -0.1) is 0 Å². The Balaban J connectivity index is 2.06. The molecular formula is C16H22N4O2. The van der Waals surface area contributed by atoms with Gasteiger partial charge in [0.25, 0.3) is 0 Å². The van der Waals surface area contributed by atoms with Crippen molar-refractivity contribution in [2.45, 2.75) is 39.4 Å². The maximum atomic E-state index is 11.4. The van der Waals surface area contributed by atoms with Crippen molar-refractivity contribution >= 4 is 11.8 Å². The maximum absolute atomic E-state index is 11.4. The number of hydrogen-bond acceptors (Lipinski definition) is 3. The van der Waals surface area contributed by atoms with Crippen LogP contribution in [0.1, 0.15) is 31.9 Å². The highest BCUT2D eigenvalue weighted by Gasteiger charge is 2.25. The van der Waals surface area contributed by atoms with Crippen molar-refractivity contribution in [3.8, 4) is 0 Å². The van der Waals surface area contributed by atoms with Gasteiger partial charge in [0.05, 0.1) is 18.4 Å². The van der Waals surface area contributed by atoms with Crippen molar-refractivity contribution in [2.75, 3.05) is 5.73 Å². The molecule has 3 N–H and O–H groups in total. The molecule has 0 aliphatic heterocycles. The molecule has 1 aromatic carbocycles. The molecule has 2 aromatic rings. The summed E-state index contributed by atoms with van der Waals surface area (Å²) in [5.74, 6) is 0. The van der Waals surface area contributed by atoms with Crippen LogP contribution in [0.2, 0.25) is 0 Å². The van der Waals surface area contributed by atoms with E-state index in [-0.39, 0.29) is 0 Å². The molecule has 1 heterocycles. The van der Waals surface area contributed by atoms with Crippen molar-refractivity contribution in [3.05, 3.63) is 47.8 Å². The number of hydrogen-bond donors (Lipinski definition) is 2. The topological polar surface area (TPSA) is 84.4 Å². The first-order valence-corrected chi connectivity index (χ1v) is 7.12. The van der Waals surface area contributed by atoms with Crippen molar-refractivity contribution in [1.82, 2.24) is 14.7 Å². The minimum atomic E-state index is -0.913. The number of anilines is 1. The first-order valence-electron chi connectivity index (χ1n) is 7.12. The third-order valence-corrected chi connectivity index (χ3v) is 3.40. The number of rotatable bonds is 4. The molecule has 1 aromatic heterocycles. The van der Waals surface area contributed by atoms with Crippen LogP contribution < -0.4 is 5.73 Å². The Morgan fingerprint density at radius 2 is 1.86 bits per heavy atom. The molecule has 6 nitrogen and oxygen atoms in total. The smallest absolute Gasteiger partial charge is 0.408 e. The molecule has 118 valence electrons. The summed E-state index contributed by atoms with van der Waals surface area (Å²) in [7, 11) is 0. The zero-order valence-corrected chi connectivity index (χ0v) is 13.2. The minimum absolute atomic E-state index is 0.369. The van der Waals surface area contributed by atoms with E-state index in [1.54, 1.807) is 17.1 Å². The Bertz CT molecular complexity index is 641. The maximum Gasteiger partial charge on any atom is 0.408 e. The van der Waals surface area contributed by atoms with Crippen LogP contribution in [0.15, 0.2) is 36.7 Å². The van der Waals surface area contributed by atoms with E-state index < -0.39 is 11.6 Å². The highest BCUT2D eigenvalue weighted by molar-refractivity contribution is 5.66. The van der Waals surface area contributed by atoms with E-state index >= 15 is 0 Å². The van der Waals surface area contributed by atoms with Gasteiger partial charge in [0.15, 0.2) is 0 Å². The third kappa shape index (κ3) is 4.00. The summed E-state index contributed by atoms with van der Waals surface area (Å²) in [6, 6.07) is 7.86. The summed E-state index contributed by atoms with van der Waals surface area (Å²) in [6.45, 7) is 6.67. The Labute approximate surface area is 130 Å². The second-order valence-corrected chi connectivity index (χ2v) is 6.33. The van der Waals surface area contributed by atoms with Crippen LogP contribution in [0, 0.1) is 0 Å². The van der Waals surface area contributed by atoms with Gasteiger partial charge in [-0.3, -0.25) is 9.58 Å². The molecule has 0 unspecified atom stereocenters. The Morgan fingerprint density at radius 1 is 1.27 bits per heavy atom. The first kappa shape index (κ1) is 15.9. The monoisotopic (exact) mass is 302 g/mol. The molecule has 22 heavy (non-hydrogen) atoms. The zero-order chi connectivity index (χ0) is 16.3. The Kier molecular flexibility index (Phi) is 4.40. The molecule has 2 rings (SSSR count). The van der Waals surface area contributed by atoms with Gasteiger partial charge in [0, 0.05) is 18.3 Å². The highest BCUT2D eigenvalue weighted by atomic mass is 16.4. The van der Waals surface area contributed by atoms with Crippen LogP contribution in [-0.4, -0.2) is 31.4 Å². The Hall–Kier alpha value is -2.50. The van der Waals surface area contributed by atoms with Gasteiger partial charge < -0.3 is 10.8 Å². The van der Waals surface area contributed by atoms with E-state index in [0.717, 1.165) is 11.1 Å². The molecule has 1 amide bonds. The molecule has 0 aliphatic rings. The van der Waals surface area contributed by atoms with Crippen molar-refractivity contribution < 1.29 is 9.90 Å². The van der Waals surface area contributed by atoms with E-state index in [4.69, 9.17) is 5.73 Å². The summed E-state index contributed by atoms with van der Waals surface area (Å²) in [5, 5.41) is 13.5. The van der Waals surface area contributed by atoms with E-state index in [9.17, 15) is 9.90 Å². The normalized spacial score (nSPS) is 11.4. The summed E-state index contributed by atoms with van der Waals surface area (Å²) in [5.41, 5.74) is 7.89. The second kappa shape index (κ2) is 6.09. The molecule has 0 aliphatic carbocycles. The number of carboxylic acid groups (broad SMARTS) is 1. The van der Waals surface area contributed by atoms with Crippen LogP contribution >= 0.6 is 0 Å². The van der Waals surface area contributed by atoms with Crippen LogP contribution in [-0.2, 0) is 13.1 Å². The third-order valence-electron chi connectivity index (χ3n) is 3.40. The number of aromatic nitrogens is 2. The summed E-state index contributed by atoms with van der Waals surface area (Å²) >= 11 is 0. The fourth-order valence-corrected chi connectivity index (χ4v) is 2.18. The van der Waals surface area contributed by atoms with Crippen molar-refractivity contribution in [3.63, 3.8) is 0 Å². The van der Waals surface area contributed by atoms with Crippen LogP contribution in [0.3, 0.4) is 0 Å². The average Bonchev–Trinajstić information content (AvgIpc) is 2.81. The fourth-order valence-electron chi connectivity index (χ4n) is 2.18. The fraction of sp³-hybridized carbons (Fsp3) is 0.375. The largest absolute Gasteiger partial charge is 0.465 e. The molecule has 0 saturated carbocycles. The van der Waals surface area contributed by atoms with Gasteiger partial charge in [-0.05, 0) is 31.9 Å².